The normalized spacial score (nSPS) is 11.5. The zero-order chi connectivity index (χ0) is 16.7. The Hall–Kier alpha value is -3.23. The molecule has 24 heavy (non-hydrogen) atoms. The molecule has 0 aliphatic carbocycles. The SMILES string of the molecule is Cc1noc2ncnc(NC(c3nccn3C)c3nccn3C)c12. The first kappa shape index (κ1) is 14.4. The summed E-state index contributed by atoms with van der Waals surface area (Å²) in [6.45, 7) is 1.86. The predicted molar refractivity (Wildman–Crippen MR) is 86.2 cm³/mol. The predicted octanol–water partition coefficient (Wildman–Crippen LogP) is 1.59. The molecule has 1 N–H and O–H groups in total. The van der Waals surface area contributed by atoms with Gasteiger partial charge in [0.2, 0.25) is 0 Å². The number of anilines is 1. The Morgan fingerprint density at radius 2 is 1.67 bits per heavy atom. The van der Waals surface area contributed by atoms with Gasteiger partial charge >= 0.3 is 0 Å². The molecule has 0 saturated heterocycles. The number of nitrogens with zero attached hydrogens (tertiary/aromatic N) is 7. The van der Waals surface area contributed by atoms with E-state index in [-0.39, 0.29) is 6.04 Å². The number of aromatic nitrogens is 7. The van der Waals surface area contributed by atoms with E-state index >= 15 is 0 Å². The third-order valence-corrected chi connectivity index (χ3v) is 3.96. The minimum Gasteiger partial charge on any atom is -0.353 e. The number of hydrogen-bond acceptors (Lipinski definition) is 7. The van der Waals surface area contributed by atoms with Gasteiger partial charge in [-0.25, -0.2) is 15.0 Å². The van der Waals surface area contributed by atoms with Crippen LogP contribution >= 0.6 is 0 Å². The van der Waals surface area contributed by atoms with Crippen LogP contribution in [0.3, 0.4) is 0 Å². The van der Waals surface area contributed by atoms with E-state index < -0.39 is 0 Å². The molecule has 122 valence electrons. The van der Waals surface area contributed by atoms with E-state index in [9.17, 15) is 0 Å². The number of imidazole rings is 2. The van der Waals surface area contributed by atoms with Gasteiger partial charge in [0.15, 0.2) is 0 Å². The number of nitrogens with one attached hydrogen (secondary N) is 1. The van der Waals surface area contributed by atoms with Gasteiger partial charge in [-0.1, -0.05) is 5.16 Å². The van der Waals surface area contributed by atoms with Gasteiger partial charge in [0.25, 0.3) is 5.71 Å². The van der Waals surface area contributed by atoms with Crippen LogP contribution in [0.25, 0.3) is 11.1 Å². The van der Waals surface area contributed by atoms with Crippen LogP contribution in [0, 0.1) is 6.92 Å². The van der Waals surface area contributed by atoms with E-state index in [1.807, 2.05) is 42.5 Å². The maximum absolute atomic E-state index is 5.22. The molecular formula is C15H16N8O. The van der Waals surface area contributed by atoms with Crippen LogP contribution in [-0.4, -0.2) is 34.2 Å². The molecule has 4 aromatic rings. The summed E-state index contributed by atoms with van der Waals surface area (Å²) in [5, 5.41) is 8.14. The second kappa shape index (κ2) is 5.44. The highest BCUT2D eigenvalue weighted by atomic mass is 16.5. The molecule has 0 amide bonds. The maximum Gasteiger partial charge on any atom is 0.263 e. The Bertz CT molecular complexity index is 958. The first-order valence-corrected chi connectivity index (χ1v) is 7.43. The van der Waals surface area contributed by atoms with Gasteiger partial charge in [-0.3, -0.25) is 0 Å². The number of rotatable bonds is 4. The molecule has 4 heterocycles. The first-order chi connectivity index (χ1) is 11.6. The van der Waals surface area contributed by atoms with E-state index in [0.29, 0.717) is 11.5 Å². The van der Waals surface area contributed by atoms with E-state index in [1.165, 1.54) is 6.33 Å². The van der Waals surface area contributed by atoms with Gasteiger partial charge in [0.1, 0.15) is 35.2 Å². The Morgan fingerprint density at radius 3 is 2.25 bits per heavy atom. The van der Waals surface area contributed by atoms with E-state index in [1.54, 1.807) is 12.4 Å². The second-order valence-electron chi connectivity index (χ2n) is 5.54. The highest BCUT2D eigenvalue weighted by molar-refractivity contribution is 5.87. The van der Waals surface area contributed by atoms with Gasteiger partial charge in [-0.15, -0.1) is 0 Å². The average molecular weight is 324 g/mol. The van der Waals surface area contributed by atoms with Crippen molar-refractivity contribution in [3.8, 4) is 0 Å². The van der Waals surface area contributed by atoms with Crippen LogP contribution < -0.4 is 5.32 Å². The lowest BCUT2D eigenvalue weighted by Gasteiger charge is -2.19. The summed E-state index contributed by atoms with van der Waals surface area (Å²) in [4.78, 5) is 17.4. The quantitative estimate of drug-likeness (QED) is 0.608. The average Bonchev–Trinajstić information content (AvgIpc) is 3.27. The van der Waals surface area contributed by atoms with Crippen molar-refractivity contribution in [1.29, 1.82) is 0 Å². The van der Waals surface area contributed by atoms with Crippen molar-refractivity contribution in [2.24, 2.45) is 14.1 Å². The molecule has 0 aromatic carbocycles. The Morgan fingerprint density at radius 1 is 1.00 bits per heavy atom. The van der Waals surface area contributed by atoms with Crippen molar-refractivity contribution in [3.63, 3.8) is 0 Å². The number of fused-ring (bicyclic) bond motifs is 1. The minimum absolute atomic E-state index is 0.280. The topological polar surface area (TPSA) is 99.5 Å². The van der Waals surface area contributed by atoms with Gasteiger partial charge in [-0.2, -0.15) is 4.98 Å². The van der Waals surface area contributed by atoms with E-state index in [2.05, 4.69) is 30.4 Å². The molecule has 9 heteroatoms. The van der Waals surface area contributed by atoms with Crippen molar-refractivity contribution in [3.05, 3.63) is 48.5 Å². The van der Waals surface area contributed by atoms with Crippen LogP contribution in [0.4, 0.5) is 5.82 Å². The molecule has 0 saturated carbocycles. The summed E-state index contributed by atoms with van der Waals surface area (Å²) in [5.41, 5.74) is 1.18. The lowest BCUT2D eigenvalue weighted by atomic mass is 10.2. The minimum atomic E-state index is -0.280. The zero-order valence-corrected chi connectivity index (χ0v) is 13.5. The van der Waals surface area contributed by atoms with Crippen LogP contribution in [-0.2, 0) is 14.1 Å². The van der Waals surface area contributed by atoms with Gasteiger partial charge in [-0.05, 0) is 6.92 Å². The molecule has 0 bridgehead atoms. The Labute approximate surface area is 137 Å². The largest absolute Gasteiger partial charge is 0.353 e. The van der Waals surface area contributed by atoms with Gasteiger partial charge < -0.3 is 19.0 Å². The monoisotopic (exact) mass is 324 g/mol. The van der Waals surface area contributed by atoms with Crippen LogP contribution in [0.2, 0.25) is 0 Å². The molecule has 4 aromatic heterocycles. The van der Waals surface area contributed by atoms with E-state index in [4.69, 9.17) is 4.52 Å². The lowest BCUT2D eigenvalue weighted by Crippen LogP contribution is -2.21. The molecule has 9 nitrogen and oxygen atoms in total. The number of hydrogen-bond donors (Lipinski definition) is 1. The van der Waals surface area contributed by atoms with Crippen molar-refractivity contribution < 1.29 is 4.52 Å². The lowest BCUT2D eigenvalue weighted by molar-refractivity contribution is 0.442. The standard InChI is InChI=1S/C15H16N8O/c1-9-10-12(18-8-19-15(10)24-21-9)20-11(13-16-4-6-22(13)2)14-17-5-7-23(14)3/h4-8,11H,1-3H3,(H,18,19,20). The Balaban J connectivity index is 1.84. The van der Waals surface area contributed by atoms with Crippen molar-refractivity contribution in [1.82, 2.24) is 34.2 Å². The summed E-state index contributed by atoms with van der Waals surface area (Å²) in [5.74, 6) is 2.28. The molecule has 0 radical (unpaired) electrons. The molecule has 0 atom stereocenters. The maximum atomic E-state index is 5.22. The molecule has 0 fully saturated rings. The summed E-state index contributed by atoms with van der Waals surface area (Å²) in [6.07, 6.45) is 8.75. The zero-order valence-electron chi connectivity index (χ0n) is 13.5. The van der Waals surface area contributed by atoms with Gasteiger partial charge in [0, 0.05) is 38.9 Å². The summed E-state index contributed by atoms with van der Waals surface area (Å²) >= 11 is 0. The molecule has 0 unspecified atom stereocenters. The highest BCUT2D eigenvalue weighted by Crippen LogP contribution is 2.28. The third kappa shape index (κ3) is 2.21. The highest BCUT2D eigenvalue weighted by Gasteiger charge is 2.24. The Kier molecular flexibility index (Phi) is 3.26. The first-order valence-electron chi connectivity index (χ1n) is 7.43. The molecule has 0 aliphatic rings. The number of aryl methyl sites for hydroxylation is 3. The summed E-state index contributed by atoms with van der Waals surface area (Å²) in [7, 11) is 3.89. The second-order valence-corrected chi connectivity index (χ2v) is 5.54. The van der Waals surface area contributed by atoms with Crippen molar-refractivity contribution in [2.45, 2.75) is 13.0 Å². The fourth-order valence-electron chi connectivity index (χ4n) is 2.72. The molecule has 4 rings (SSSR count). The third-order valence-electron chi connectivity index (χ3n) is 3.96. The fraction of sp³-hybridized carbons (Fsp3) is 0.267. The molecule has 0 spiro atoms. The molecular weight excluding hydrogens is 308 g/mol. The van der Waals surface area contributed by atoms with Crippen LogP contribution in [0.15, 0.2) is 35.6 Å². The van der Waals surface area contributed by atoms with Crippen molar-refractivity contribution in [2.75, 3.05) is 5.32 Å². The fourth-order valence-corrected chi connectivity index (χ4v) is 2.72. The summed E-state index contributed by atoms with van der Waals surface area (Å²) < 4.78 is 9.12. The van der Waals surface area contributed by atoms with Gasteiger partial charge in [0.05, 0.1) is 5.69 Å². The van der Waals surface area contributed by atoms with E-state index in [0.717, 1.165) is 22.7 Å². The summed E-state index contributed by atoms with van der Waals surface area (Å²) in [6, 6.07) is -0.280. The van der Waals surface area contributed by atoms with Crippen LogP contribution in [0.1, 0.15) is 23.4 Å². The van der Waals surface area contributed by atoms with Crippen LogP contribution in [0.5, 0.6) is 0 Å². The van der Waals surface area contributed by atoms with Crippen molar-refractivity contribution >= 4 is 16.9 Å². The molecule has 0 aliphatic heterocycles. The smallest absolute Gasteiger partial charge is 0.263 e.